The third kappa shape index (κ3) is 4.53. The van der Waals surface area contributed by atoms with Crippen molar-refractivity contribution in [2.45, 2.75) is 58.0 Å². The Morgan fingerprint density at radius 1 is 1.05 bits per heavy atom. The van der Waals surface area contributed by atoms with Crippen molar-refractivity contribution in [3.63, 3.8) is 0 Å². The molecule has 0 spiro atoms. The zero-order valence-corrected chi connectivity index (χ0v) is 24.1. The van der Waals surface area contributed by atoms with Gasteiger partial charge in [0.15, 0.2) is 11.6 Å². The number of nitrogens with zero attached hydrogens (tertiary/aromatic N) is 5. The number of carbonyl (C=O) groups is 1. The largest absolute Gasteiger partial charge is 0.361 e. The van der Waals surface area contributed by atoms with E-state index in [1.807, 2.05) is 39.0 Å². The molecule has 0 aliphatic carbocycles. The van der Waals surface area contributed by atoms with E-state index in [1.165, 1.54) is 21.5 Å². The molecule has 0 bridgehead atoms. The van der Waals surface area contributed by atoms with Crippen LogP contribution in [-0.2, 0) is 20.4 Å². The summed E-state index contributed by atoms with van der Waals surface area (Å²) in [7, 11) is -3.32. The molecule has 0 saturated carbocycles. The summed E-state index contributed by atoms with van der Waals surface area (Å²) in [5.41, 5.74) is 3.38. The van der Waals surface area contributed by atoms with Crippen molar-refractivity contribution in [1.29, 1.82) is 0 Å². The van der Waals surface area contributed by atoms with Crippen molar-refractivity contribution in [3.8, 4) is 11.1 Å². The Kier molecular flexibility index (Phi) is 6.53. The Labute approximate surface area is 236 Å². The molecule has 6 rings (SSSR count). The van der Waals surface area contributed by atoms with Gasteiger partial charge in [-0.1, -0.05) is 11.2 Å². The van der Waals surface area contributed by atoms with Gasteiger partial charge in [-0.3, -0.25) is 9.69 Å². The lowest BCUT2D eigenvalue weighted by molar-refractivity contribution is -0.117. The Hall–Kier alpha value is -3.64. The van der Waals surface area contributed by atoms with Gasteiger partial charge in [0.2, 0.25) is 15.9 Å². The summed E-state index contributed by atoms with van der Waals surface area (Å²) in [5.74, 6) is -0.918. The molecule has 41 heavy (non-hydrogen) atoms. The van der Waals surface area contributed by atoms with Crippen LogP contribution in [0.4, 0.5) is 14.5 Å². The first-order valence-corrected chi connectivity index (χ1v) is 15.4. The molecule has 12 heteroatoms. The molecule has 0 N–H and O–H groups in total. The first-order chi connectivity index (χ1) is 19.4. The van der Waals surface area contributed by atoms with Crippen LogP contribution in [0, 0.1) is 25.5 Å². The number of piperidine rings is 1. The fourth-order valence-corrected chi connectivity index (χ4v) is 7.32. The molecule has 2 saturated heterocycles. The van der Waals surface area contributed by atoms with Crippen LogP contribution in [0.5, 0.6) is 0 Å². The van der Waals surface area contributed by atoms with Gasteiger partial charge in [0.05, 0.1) is 23.0 Å². The van der Waals surface area contributed by atoms with E-state index in [0.717, 1.165) is 34.5 Å². The zero-order valence-electron chi connectivity index (χ0n) is 23.3. The van der Waals surface area contributed by atoms with Crippen LogP contribution in [-0.4, -0.2) is 52.7 Å². The normalized spacial score (nSPS) is 20.9. The number of rotatable bonds is 5. The molecule has 216 valence electrons. The van der Waals surface area contributed by atoms with Gasteiger partial charge in [0, 0.05) is 42.9 Å². The number of halogens is 2. The highest BCUT2D eigenvalue weighted by atomic mass is 32.2. The van der Waals surface area contributed by atoms with Crippen LogP contribution >= 0.6 is 0 Å². The van der Waals surface area contributed by atoms with Crippen molar-refractivity contribution < 1.29 is 26.5 Å². The van der Waals surface area contributed by atoms with Crippen LogP contribution in [0.25, 0.3) is 22.2 Å². The van der Waals surface area contributed by atoms with E-state index in [0.29, 0.717) is 49.5 Å². The second-order valence-electron chi connectivity index (χ2n) is 11.2. The summed E-state index contributed by atoms with van der Waals surface area (Å²) >= 11 is 0. The van der Waals surface area contributed by atoms with Gasteiger partial charge in [0.25, 0.3) is 0 Å². The molecule has 9 nitrogen and oxygen atoms in total. The number of anilines is 1. The number of fused-ring (bicyclic) bond motifs is 1. The lowest BCUT2D eigenvalue weighted by Gasteiger charge is -2.38. The fourth-order valence-electron chi connectivity index (χ4n) is 6.44. The summed E-state index contributed by atoms with van der Waals surface area (Å²) in [6.45, 7) is 6.35. The quantitative estimate of drug-likeness (QED) is 0.319. The SMILES string of the molecule is Cc1noc(C)c1-c1ccc2c(c1)nc(C1(C)CCC(=O)N1c1ccc(F)c(F)c1)n2C1CCN(S(C)(=O)=O)CC1. The second-order valence-corrected chi connectivity index (χ2v) is 13.2. The first kappa shape index (κ1) is 27.5. The summed E-state index contributed by atoms with van der Waals surface area (Å²) in [6.07, 6.45) is 2.98. The standard InChI is InChI=1S/C29H31F2N5O4S/c1-17-27(18(2)40-33-17)19-5-8-25-24(15-19)32-28(35(25)20-10-13-34(14-11-20)41(4,38)39)29(3)12-9-26(37)36(29)21-6-7-22(30)23(31)16-21/h5-8,15-16,20H,9-14H2,1-4H3. The van der Waals surface area contributed by atoms with Gasteiger partial charge in [-0.2, -0.15) is 0 Å². The first-order valence-electron chi connectivity index (χ1n) is 13.6. The number of amides is 1. The number of aryl methyl sites for hydroxylation is 2. The minimum Gasteiger partial charge on any atom is -0.361 e. The van der Waals surface area contributed by atoms with Crippen molar-refractivity contribution >= 4 is 32.7 Å². The molecular weight excluding hydrogens is 552 g/mol. The van der Waals surface area contributed by atoms with E-state index in [4.69, 9.17) is 9.51 Å². The summed E-state index contributed by atoms with van der Waals surface area (Å²) in [5, 5.41) is 4.08. The maximum Gasteiger partial charge on any atom is 0.227 e. The molecule has 4 heterocycles. The van der Waals surface area contributed by atoms with Crippen LogP contribution in [0.3, 0.4) is 0 Å². The number of aromatic nitrogens is 3. The molecule has 2 fully saturated rings. The third-order valence-corrected chi connectivity index (χ3v) is 9.78. The molecular formula is C29H31F2N5O4S. The van der Waals surface area contributed by atoms with Crippen molar-refractivity contribution in [1.82, 2.24) is 19.0 Å². The second kappa shape index (κ2) is 9.73. The predicted molar refractivity (Wildman–Crippen MR) is 150 cm³/mol. The van der Waals surface area contributed by atoms with E-state index in [9.17, 15) is 22.0 Å². The minimum atomic E-state index is -3.32. The summed E-state index contributed by atoms with van der Waals surface area (Å²) in [4.78, 5) is 19.9. The smallest absolute Gasteiger partial charge is 0.227 e. The highest BCUT2D eigenvalue weighted by Crippen LogP contribution is 2.45. The molecule has 1 unspecified atom stereocenters. The van der Waals surface area contributed by atoms with Crippen LogP contribution in [0.1, 0.15) is 55.9 Å². The molecule has 2 aliphatic rings. The van der Waals surface area contributed by atoms with E-state index >= 15 is 0 Å². The predicted octanol–water partition coefficient (Wildman–Crippen LogP) is 5.23. The Balaban J connectivity index is 1.52. The molecule has 1 amide bonds. The van der Waals surface area contributed by atoms with E-state index < -0.39 is 27.2 Å². The molecule has 0 radical (unpaired) electrons. The molecule has 2 aromatic heterocycles. The van der Waals surface area contributed by atoms with E-state index in [2.05, 4.69) is 9.72 Å². The fraction of sp³-hybridized carbons (Fsp3) is 0.414. The zero-order chi connectivity index (χ0) is 29.3. The van der Waals surface area contributed by atoms with Crippen LogP contribution in [0.15, 0.2) is 40.9 Å². The van der Waals surface area contributed by atoms with Crippen molar-refractivity contribution in [3.05, 3.63) is 65.3 Å². The highest BCUT2D eigenvalue weighted by molar-refractivity contribution is 7.88. The van der Waals surface area contributed by atoms with Crippen LogP contribution < -0.4 is 4.90 Å². The Morgan fingerprint density at radius 2 is 1.78 bits per heavy atom. The van der Waals surface area contributed by atoms with Gasteiger partial charge < -0.3 is 9.09 Å². The number of sulfonamides is 1. The van der Waals surface area contributed by atoms with Crippen molar-refractivity contribution in [2.24, 2.45) is 0 Å². The average Bonchev–Trinajstić information content (AvgIpc) is 3.58. The third-order valence-electron chi connectivity index (χ3n) is 8.48. The van der Waals surface area contributed by atoms with Crippen molar-refractivity contribution in [2.75, 3.05) is 24.2 Å². The Morgan fingerprint density at radius 3 is 2.41 bits per heavy atom. The minimum absolute atomic E-state index is 0.0859. The maximum atomic E-state index is 14.3. The van der Waals surface area contributed by atoms with Gasteiger partial charge in [-0.25, -0.2) is 26.5 Å². The number of hydrogen-bond acceptors (Lipinski definition) is 6. The number of hydrogen-bond donors (Lipinski definition) is 0. The Bertz CT molecular complexity index is 1770. The summed E-state index contributed by atoms with van der Waals surface area (Å²) in [6, 6.07) is 9.33. The average molecular weight is 584 g/mol. The summed E-state index contributed by atoms with van der Waals surface area (Å²) < 4.78 is 61.5. The van der Waals surface area contributed by atoms with Gasteiger partial charge in [0.1, 0.15) is 17.1 Å². The van der Waals surface area contributed by atoms with Gasteiger partial charge >= 0.3 is 0 Å². The highest BCUT2D eigenvalue weighted by Gasteiger charge is 2.48. The van der Waals surface area contributed by atoms with E-state index in [-0.39, 0.29) is 24.1 Å². The lowest BCUT2D eigenvalue weighted by atomic mass is 9.95. The lowest BCUT2D eigenvalue weighted by Crippen LogP contribution is -2.45. The van der Waals surface area contributed by atoms with Gasteiger partial charge in [-0.05, 0) is 69.9 Å². The number of benzene rings is 2. The maximum absolute atomic E-state index is 14.3. The van der Waals surface area contributed by atoms with Crippen LogP contribution in [0.2, 0.25) is 0 Å². The monoisotopic (exact) mass is 583 g/mol. The topological polar surface area (TPSA) is 102 Å². The molecule has 2 aromatic carbocycles. The molecule has 1 atom stereocenters. The number of imidazole rings is 1. The van der Waals surface area contributed by atoms with E-state index in [1.54, 1.807) is 0 Å². The molecule has 4 aromatic rings. The van der Waals surface area contributed by atoms with Gasteiger partial charge in [-0.15, -0.1) is 0 Å². The molecule has 2 aliphatic heterocycles. The number of carbonyl (C=O) groups excluding carboxylic acids is 1.